The highest BCUT2D eigenvalue weighted by Gasteiger charge is 2.02. The number of nitrogens with one attached hydrogen (secondary N) is 2. The fraction of sp³-hybridized carbons (Fsp3) is 0.167. The van der Waals surface area contributed by atoms with Crippen molar-refractivity contribution >= 4 is 29.9 Å². The summed E-state index contributed by atoms with van der Waals surface area (Å²) >= 11 is 0. The van der Waals surface area contributed by atoms with E-state index in [9.17, 15) is 4.39 Å². The lowest BCUT2D eigenvalue weighted by Crippen LogP contribution is -2.36. The third-order valence-corrected chi connectivity index (χ3v) is 3.61. The Balaban J connectivity index is 0.00000243. The molecule has 0 unspecified atom stereocenters. The van der Waals surface area contributed by atoms with Gasteiger partial charge < -0.3 is 10.6 Å². The van der Waals surface area contributed by atoms with Crippen LogP contribution in [0.25, 0.3) is 5.82 Å². The van der Waals surface area contributed by atoms with Crippen molar-refractivity contribution in [3.8, 4) is 5.82 Å². The summed E-state index contributed by atoms with van der Waals surface area (Å²) in [6, 6.07) is 12.1. The number of benzene rings is 1. The van der Waals surface area contributed by atoms with Crippen molar-refractivity contribution in [2.75, 3.05) is 7.05 Å². The first-order valence-electron chi connectivity index (χ1n) is 7.88. The molecule has 0 spiro atoms. The largest absolute Gasteiger partial charge is 0.352 e. The van der Waals surface area contributed by atoms with Crippen LogP contribution in [0.15, 0.2) is 66.0 Å². The maximum absolute atomic E-state index is 12.9. The van der Waals surface area contributed by atoms with Gasteiger partial charge in [-0.1, -0.05) is 12.1 Å². The number of hydrogen-bond acceptors (Lipinski definition) is 3. The minimum Gasteiger partial charge on any atom is -0.352 e. The van der Waals surface area contributed by atoms with Gasteiger partial charge in [-0.15, -0.1) is 24.0 Å². The van der Waals surface area contributed by atoms with E-state index in [0.717, 1.165) is 16.9 Å². The van der Waals surface area contributed by atoms with Crippen LogP contribution in [0.4, 0.5) is 4.39 Å². The summed E-state index contributed by atoms with van der Waals surface area (Å²) in [7, 11) is 1.71. The zero-order valence-corrected chi connectivity index (χ0v) is 16.6. The predicted octanol–water partition coefficient (Wildman–Crippen LogP) is 2.89. The van der Waals surface area contributed by atoms with Gasteiger partial charge in [0.15, 0.2) is 11.8 Å². The first kappa shape index (κ1) is 19.8. The molecule has 0 fully saturated rings. The molecule has 6 nitrogen and oxygen atoms in total. The van der Waals surface area contributed by atoms with Crippen LogP contribution in [0.1, 0.15) is 11.1 Å². The number of halogens is 2. The molecule has 26 heavy (non-hydrogen) atoms. The SMILES string of the molecule is CN=C(NCc1ccc(F)cc1)NCc1ccnc(-n2cccn2)c1.I. The van der Waals surface area contributed by atoms with Gasteiger partial charge in [-0.2, -0.15) is 5.10 Å². The van der Waals surface area contributed by atoms with Crippen molar-refractivity contribution in [1.29, 1.82) is 0 Å². The molecule has 0 aliphatic heterocycles. The lowest BCUT2D eigenvalue weighted by molar-refractivity contribution is 0.626. The zero-order valence-electron chi connectivity index (χ0n) is 14.3. The summed E-state index contributed by atoms with van der Waals surface area (Å²) < 4.78 is 14.6. The van der Waals surface area contributed by atoms with Gasteiger partial charge >= 0.3 is 0 Å². The van der Waals surface area contributed by atoms with Crippen LogP contribution in [0.5, 0.6) is 0 Å². The molecule has 3 rings (SSSR count). The monoisotopic (exact) mass is 466 g/mol. The molecule has 0 aliphatic carbocycles. The van der Waals surface area contributed by atoms with Gasteiger partial charge in [0.2, 0.25) is 0 Å². The van der Waals surface area contributed by atoms with E-state index < -0.39 is 0 Å². The van der Waals surface area contributed by atoms with E-state index in [2.05, 4.69) is 25.7 Å². The summed E-state index contributed by atoms with van der Waals surface area (Å²) in [5.74, 6) is 1.19. The second kappa shape index (κ2) is 9.85. The molecule has 136 valence electrons. The van der Waals surface area contributed by atoms with Crippen molar-refractivity contribution in [2.45, 2.75) is 13.1 Å². The standard InChI is InChI=1S/C18H19FN6.HI/c1-20-18(22-12-14-3-5-16(19)6-4-14)23-13-15-7-9-21-17(11-15)25-10-2-8-24-25;/h2-11H,12-13H2,1H3,(H2,20,22,23);1H. The average Bonchev–Trinajstić information content (AvgIpc) is 3.18. The fourth-order valence-corrected chi connectivity index (χ4v) is 2.29. The predicted molar refractivity (Wildman–Crippen MR) is 110 cm³/mol. The summed E-state index contributed by atoms with van der Waals surface area (Å²) in [5, 5.41) is 10.6. The topological polar surface area (TPSA) is 67.1 Å². The first-order chi connectivity index (χ1) is 12.2. The number of rotatable bonds is 5. The van der Waals surface area contributed by atoms with E-state index in [0.29, 0.717) is 19.0 Å². The molecule has 0 radical (unpaired) electrons. The minimum absolute atomic E-state index is 0. The molecule has 8 heteroatoms. The highest BCUT2D eigenvalue weighted by Crippen LogP contribution is 2.06. The lowest BCUT2D eigenvalue weighted by atomic mass is 10.2. The number of aliphatic imine (C=N–C) groups is 1. The highest BCUT2D eigenvalue weighted by atomic mass is 127. The smallest absolute Gasteiger partial charge is 0.191 e. The normalized spacial score (nSPS) is 10.9. The molecular formula is C18H20FIN6. The summed E-state index contributed by atoms with van der Waals surface area (Å²) in [6.45, 7) is 1.16. The Labute approximate surface area is 168 Å². The average molecular weight is 466 g/mol. The third-order valence-electron chi connectivity index (χ3n) is 3.61. The van der Waals surface area contributed by atoms with Gasteiger partial charge in [-0.05, 0) is 41.5 Å². The molecule has 2 aromatic heterocycles. The molecule has 1 aromatic carbocycles. The Bertz CT molecular complexity index is 833. The third kappa shape index (κ3) is 5.51. The van der Waals surface area contributed by atoms with Gasteiger partial charge in [0.05, 0.1) is 0 Å². The Morgan fingerprint density at radius 2 is 1.81 bits per heavy atom. The second-order valence-electron chi connectivity index (χ2n) is 5.38. The van der Waals surface area contributed by atoms with E-state index in [4.69, 9.17) is 0 Å². The van der Waals surface area contributed by atoms with Crippen LogP contribution < -0.4 is 10.6 Å². The number of hydrogen-bond donors (Lipinski definition) is 2. The van der Waals surface area contributed by atoms with Crippen LogP contribution >= 0.6 is 24.0 Å². The number of aromatic nitrogens is 3. The summed E-state index contributed by atoms with van der Waals surface area (Å²) in [5.41, 5.74) is 2.04. The van der Waals surface area contributed by atoms with Crippen LogP contribution in [-0.4, -0.2) is 27.8 Å². The zero-order chi connectivity index (χ0) is 17.5. The van der Waals surface area contributed by atoms with E-state index in [1.807, 2.05) is 24.4 Å². The summed E-state index contributed by atoms with van der Waals surface area (Å²) in [4.78, 5) is 8.50. The molecule has 0 saturated heterocycles. The molecule has 0 saturated carbocycles. The molecule has 2 N–H and O–H groups in total. The molecule has 0 bridgehead atoms. The van der Waals surface area contributed by atoms with E-state index >= 15 is 0 Å². The lowest BCUT2D eigenvalue weighted by Gasteiger charge is -2.12. The van der Waals surface area contributed by atoms with E-state index in [-0.39, 0.29) is 29.8 Å². The van der Waals surface area contributed by atoms with Crippen molar-refractivity contribution < 1.29 is 4.39 Å². The van der Waals surface area contributed by atoms with Crippen LogP contribution in [0.3, 0.4) is 0 Å². The Morgan fingerprint density at radius 3 is 2.46 bits per heavy atom. The number of guanidine groups is 1. The van der Waals surface area contributed by atoms with E-state index in [1.54, 1.807) is 36.3 Å². The molecular weight excluding hydrogens is 446 g/mol. The fourth-order valence-electron chi connectivity index (χ4n) is 2.29. The van der Waals surface area contributed by atoms with Gasteiger partial charge in [0, 0.05) is 38.7 Å². The number of pyridine rings is 1. The van der Waals surface area contributed by atoms with Gasteiger partial charge in [0.1, 0.15) is 5.82 Å². The van der Waals surface area contributed by atoms with Crippen molar-refractivity contribution in [3.63, 3.8) is 0 Å². The maximum atomic E-state index is 12.9. The quantitative estimate of drug-likeness (QED) is 0.345. The Hall–Kier alpha value is -2.49. The van der Waals surface area contributed by atoms with Gasteiger partial charge in [-0.3, -0.25) is 4.99 Å². The molecule has 0 amide bonds. The van der Waals surface area contributed by atoms with Crippen LogP contribution in [-0.2, 0) is 13.1 Å². The molecule has 0 atom stereocenters. The highest BCUT2D eigenvalue weighted by molar-refractivity contribution is 14.0. The van der Waals surface area contributed by atoms with Gasteiger partial charge in [-0.25, -0.2) is 14.1 Å². The van der Waals surface area contributed by atoms with Crippen molar-refractivity contribution in [3.05, 3.63) is 78.0 Å². The summed E-state index contributed by atoms with van der Waals surface area (Å²) in [6.07, 6.45) is 5.32. The van der Waals surface area contributed by atoms with Crippen molar-refractivity contribution in [2.24, 2.45) is 4.99 Å². The Morgan fingerprint density at radius 1 is 1.08 bits per heavy atom. The maximum Gasteiger partial charge on any atom is 0.191 e. The van der Waals surface area contributed by atoms with Gasteiger partial charge in [0.25, 0.3) is 0 Å². The van der Waals surface area contributed by atoms with Crippen LogP contribution in [0.2, 0.25) is 0 Å². The molecule has 0 aliphatic rings. The van der Waals surface area contributed by atoms with E-state index in [1.165, 1.54) is 12.1 Å². The second-order valence-corrected chi connectivity index (χ2v) is 5.38. The molecule has 3 aromatic rings. The molecule has 2 heterocycles. The van der Waals surface area contributed by atoms with Crippen LogP contribution in [0, 0.1) is 5.82 Å². The number of nitrogens with zero attached hydrogens (tertiary/aromatic N) is 4. The first-order valence-corrected chi connectivity index (χ1v) is 7.88. The Kier molecular flexibility index (Phi) is 7.52. The minimum atomic E-state index is -0.239. The van der Waals surface area contributed by atoms with Crippen molar-refractivity contribution in [1.82, 2.24) is 25.4 Å².